The molecule has 2 N–H and O–H groups in total. The molecule has 6 nitrogen and oxygen atoms in total. The van der Waals surface area contributed by atoms with Crippen molar-refractivity contribution in [1.82, 2.24) is 10.0 Å². The summed E-state index contributed by atoms with van der Waals surface area (Å²) < 4.78 is 1.44. The average molecular weight is 268 g/mol. The van der Waals surface area contributed by atoms with Crippen LogP contribution in [0, 0.1) is 0 Å². The van der Waals surface area contributed by atoms with Crippen LogP contribution < -0.4 is 15.7 Å². The lowest BCUT2D eigenvalue weighted by atomic mass is 10.2. The van der Waals surface area contributed by atoms with E-state index in [1.807, 2.05) is 0 Å². The molecule has 0 spiro atoms. The predicted octanol–water partition coefficient (Wildman–Crippen LogP) is 0.577. The fourth-order valence-electron chi connectivity index (χ4n) is 1.70. The van der Waals surface area contributed by atoms with Gasteiger partial charge in [0.25, 0.3) is 11.5 Å². The second-order valence-electron chi connectivity index (χ2n) is 3.50. The zero-order valence-electron chi connectivity index (χ0n) is 9.89. The quantitative estimate of drug-likeness (QED) is 0.853. The summed E-state index contributed by atoms with van der Waals surface area (Å²) >= 11 is 1.23. The van der Waals surface area contributed by atoms with Gasteiger partial charge < -0.3 is 15.3 Å². The fraction of sp³-hybridized carbons (Fsp3) is 0.273. The van der Waals surface area contributed by atoms with Crippen molar-refractivity contribution in [1.29, 1.82) is 0 Å². The summed E-state index contributed by atoms with van der Waals surface area (Å²) in [4.78, 5) is 28.8. The van der Waals surface area contributed by atoms with Gasteiger partial charge in [-0.3, -0.25) is 9.59 Å². The highest BCUT2D eigenvalue weighted by Crippen LogP contribution is 2.30. The highest BCUT2D eigenvalue weighted by Gasteiger charge is 2.22. The minimum atomic E-state index is -0.674. The molecule has 7 heteroatoms. The number of aromatic hydroxyl groups is 1. The molecule has 1 amide bonds. The van der Waals surface area contributed by atoms with Crippen molar-refractivity contribution in [2.45, 2.75) is 6.92 Å². The second-order valence-corrected chi connectivity index (χ2v) is 4.42. The van der Waals surface area contributed by atoms with Crippen molar-refractivity contribution in [3.8, 4) is 5.75 Å². The molecule has 2 aromatic heterocycles. The molecule has 18 heavy (non-hydrogen) atoms. The minimum absolute atomic E-state index is 0.298. The first kappa shape index (κ1) is 12.4. The Morgan fingerprint density at radius 3 is 2.94 bits per heavy atom. The normalized spacial score (nSPS) is 10.6. The zero-order valence-corrected chi connectivity index (χ0v) is 10.7. The van der Waals surface area contributed by atoms with Crippen LogP contribution in [-0.2, 0) is 0 Å². The number of nitrogens with one attached hydrogen (secondary N) is 1. The maximum Gasteiger partial charge on any atom is 0.300 e. The van der Waals surface area contributed by atoms with Crippen LogP contribution in [-0.4, -0.2) is 29.4 Å². The van der Waals surface area contributed by atoms with E-state index in [1.165, 1.54) is 18.4 Å². The number of rotatable bonds is 3. The van der Waals surface area contributed by atoms with Crippen molar-refractivity contribution < 1.29 is 14.7 Å². The number of nitrogens with zero attached hydrogens (tertiary/aromatic N) is 1. The number of aromatic nitrogens is 1. The van der Waals surface area contributed by atoms with Crippen LogP contribution in [0.2, 0.25) is 0 Å². The lowest BCUT2D eigenvalue weighted by Gasteiger charge is -2.10. The molecule has 0 unspecified atom stereocenters. The molecule has 0 atom stereocenters. The lowest BCUT2D eigenvalue weighted by Crippen LogP contribution is -2.34. The van der Waals surface area contributed by atoms with Crippen LogP contribution in [0.3, 0.4) is 0 Å². The second kappa shape index (κ2) is 4.69. The van der Waals surface area contributed by atoms with Gasteiger partial charge in [0, 0.05) is 6.54 Å². The van der Waals surface area contributed by atoms with Crippen LogP contribution in [0.1, 0.15) is 17.3 Å². The summed E-state index contributed by atoms with van der Waals surface area (Å²) in [5, 5.41) is 14.2. The van der Waals surface area contributed by atoms with E-state index in [0.717, 1.165) is 4.73 Å². The number of amides is 1. The first-order valence-electron chi connectivity index (χ1n) is 5.29. The van der Waals surface area contributed by atoms with Gasteiger partial charge in [-0.05, 0) is 18.4 Å². The third kappa shape index (κ3) is 1.72. The molecule has 2 rings (SSSR count). The van der Waals surface area contributed by atoms with Crippen molar-refractivity contribution in [3.05, 3.63) is 27.4 Å². The standard InChI is InChI=1S/C11H12N2O4S/c1-3-12-10(15)7-8(14)9-6(4-5-18-9)13(17-2)11(7)16/h4-5,14H,3H2,1-2H3,(H,12,15). The van der Waals surface area contributed by atoms with E-state index >= 15 is 0 Å². The molecule has 0 aliphatic heterocycles. The van der Waals surface area contributed by atoms with Crippen LogP contribution in [0.5, 0.6) is 5.75 Å². The van der Waals surface area contributed by atoms with Gasteiger partial charge in [-0.25, -0.2) is 0 Å². The van der Waals surface area contributed by atoms with Gasteiger partial charge in [0.05, 0.1) is 4.70 Å². The fourth-order valence-corrected chi connectivity index (χ4v) is 2.52. The first-order valence-corrected chi connectivity index (χ1v) is 6.17. The van der Waals surface area contributed by atoms with Gasteiger partial charge >= 0.3 is 0 Å². The largest absolute Gasteiger partial charge is 0.505 e. The van der Waals surface area contributed by atoms with Gasteiger partial charge in [0.1, 0.15) is 12.6 Å². The summed E-state index contributed by atoms with van der Waals surface area (Å²) in [7, 11) is 1.33. The topological polar surface area (TPSA) is 80.6 Å². The van der Waals surface area contributed by atoms with Crippen LogP contribution in [0.25, 0.3) is 10.2 Å². The molecule has 0 fully saturated rings. The maximum absolute atomic E-state index is 12.1. The molecular formula is C11H12N2O4S. The van der Waals surface area contributed by atoms with Gasteiger partial charge in [0.2, 0.25) is 0 Å². The van der Waals surface area contributed by atoms with Crippen LogP contribution in [0.15, 0.2) is 16.2 Å². The number of pyridine rings is 1. The van der Waals surface area contributed by atoms with Crippen molar-refractivity contribution in [2.24, 2.45) is 0 Å². The van der Waals surface area contributed by atoms with E-state index < -0.39 is 11.5 Å². The average Bonchev–Trinajstić information content (AvgIpc) is 2.79. The Morgan fingerprint density at radius 1 is 1.61 bits per heavy atom. The number of carbonyl (C=O) groups is 1. The Bertz CT molecular complexity index is 659. The Kier molecular flexibility index (Phi) is 3.24. The zero-order chi connectivity index (χ0) is 13.3. The molecular weight excluding hydrogens is 256 g/mol. The number of hydrogen-bond donors (Lipinski definition) is 2. The van der Waals surface area contributed by atoms with Gasteiger partial charge in [0.15, 0.2) is 11.3 Å². The summed E-state index contributed by atoms with van der Waals surface area (Å²) in [6.45, 7) is 2.10. The molecule has 0 aliphatic carbocycles. The van der Waals surface area contributed by atoms with Crippen molar-refractivity contribution in [2.75, 3.05) is 13.7 Å². The number of hydrogen-bond acceptors (Lipinski definition) is 5. The molecule has 0 aromatic carbocycles. The monoisotopic (exact) mass is 268 g/mol. The summed E-state index contributed by atoms with van der Waals surface area (Å²) in [5.74, 6) is -0.912. The van der Waals surface area contributed by atoms with E-state index in [0.29, 0.717) is 16.8 Å². The summed E-state index contributed by atoms with van der Waals surface area (Å²) in [5.41, 5.74) is -0.529. The van der Waals surface area contributed by atoms with Crippen molar-refractivity contribution >= 4 is 27.5 Å². The maximum atomic E-state index is 12.1. The van der Waals surface area contributed by atoms with E-state index in [2.05, 4.69) is 5.32 Å². The molecule has 0 radical (unpaired) electrons. The van der Waals surface area contributed by atoms with E-state index in [1.54, 1.807) is 18.4 Å². The number of fused-ring (bicyclic) bond motifs is 1. The molecule has 0 bridgehead atoms. The Hall–Kier alpha value is -2.02. The van der Waals surface area contributed by atoms with Crippen LogP contribution >= 0.6 is 11.3 Å². The van der Waals surface area contributed by atoms with E-state index in [4.69, 9.17) is 4.84 Å². The van der Waals surface area contributed by atoms with Gasteiger partial charge in [-0.2, -0.15) is 0 Å². The summed E-state index contributed by atoms with van der Waals surface area (Å²) in [6, 6.07) is 1.64. The molecule has 0 aliphatic rings. The number of thiophene rings is 1. The smallest absolute Gasteiger partial charge is 0.300 e. The van der Waals surface area contributed by atoms with Crippen molar-refractivity contribution in [3.63, 3.8) is 0 Å². The predicted molar refractivity (Wildman–Crippen MR) is 68.3 cm³/mol. The SMILES string of the molecule is CCNC(=O)c1c(O)c2sccc2n(OC)c1=O. The molecule has 96 valence electrons. The molecule has 2 heterocycles. The lowest BCUT2D eigenvalue weighted by molar-refractivity contribution is 0.0945. The Morgan fingerprint density at radius 2 is 2.33 bits per heavy atom. The number of carbonyl (C=O) groups excluding carboxylic acids is 1. The molecule has 0 saturated carbocycles. The third-order valence-corrected chi connectivity index (χ3v) is 3.37. The minimum Gasteiger partial charge on any atom is -0.505 e. The molecule has 2 aromatic rings. The molecule has 0 saturated heterocycles. The third-order valence-electron chi connectivity index (χ3n) is 2.46. The van der Waals surface area contributed by atoms with Gasteiger partial charge in [-0.15, -0.1) is 16.1 Å². The first-order chi connectivity index (χ1) is 8.61. The van der Waals surface area contributed by atoms with Crippen LogP contribution in [0.4, 0.5) is 0 Å². The summed E-state index contributed by atoms with van der Waals surface area (Å²) in [6.07, 6.45) is 0. The Labute approximate surface area is 106 Å². The Balaban J connectivity index is 2.80. The van der Waals surface area contributed by atoms with E-state index in [9.17, 15) is 14.7 Å². The van der Waals surface area contributed by atoms with Gasteiger partial charge in [-0.1, -0.05) is 0 Å². The highest BCUT2D eigenvalue weighted by molar-refractivity contribution is 7.17. The highest BCUT2D eigenvalue weighted by atomic mass is 32.1. The van der Waals surface area contributed by atoms with E-state index in [-0.39, 0.29) is 11.3 Å².